The quantitative estimate of drug-likeness (QED) is 0.868. The van der Waals surface area contributed by atoms with E-state index in [1.165, 1.54) is 6.07 Å². The number of hydrogen-bond donors (Lipinski definition) is 2. The van der Waals surface area contributed by atoms with Crippen LogP contribution in [-0.4, -0.2) is 29.4 Å². The van der Waals surface area contributed by atoms with Gasteiger partial charge in [-0.25, -0.2) is 4.39 Å². The van der Waals surface area contributed by atoms with E-state index in [2.05, 4.69) is 0 Å². The number of aliphatic hydroxyl groups is 2. The molecule has 0 saturated carbocycles. The minimum Gasteiger partial charge on any atom is -0.389 e. The highest BCUT2D eigenvalue weighted by atomic mass is 19.1. The topological polar surface area (TPSA) is 43.7 Å². The predicted molar refractivity (Wildman–Crippen MR) is 71.3 cm³/mol. The van der Waals surface area contributed by atoms with E-state index < -0.39 is 11.7 Å². The van der Waals surface area contributed by atoms with Gasteiger partial charge in [-0.1, -0.05) is 0 Å². The number of likely N-dealkylation sites (N-methyl/N-ethyl adjacent to an activating group) is 1. The zero-order valence-corrected chi connectivity index (χ0v) is 11.7. The summed E-state index contributed by atoms with van der Waals surface area (Å²) in [5.41, 5.74) is 0.945. The number of rotatable bonds is 4. The predicted octanol–water partition coefficient (Wildman–Crippen LogP) is 2.39. The smallest absolute Gasteiger partial charge is 0.126 e. The summed E-state index contributed by atoms with van der Waals surface area (Å²) in [6.07, 6.45) is -0.751. The molecule has 102 valence electrons. The summed E-state index contributed by atoms with van der Waals surface area (Å²) < 4.78 is 13.5. The molecule has 0 bridgehead atoms. The maximum absolute atomic E-state index is 13.5. The molecular formula is C14H22FNO2. The van der Waals surface area contributed by atoms with Gasteiger partial charge in [0, 0.05) is 24.8 Å². The second-order valence-corrected chi connectivity index (χ2v) is 5.50. The Hall–Kier alpha value is -1.13. The van der Waals surface area contributed by atoms with Crippen molar-refractivity contribution < 1.29 is 14.6 Å². The maximum atomic E-state index is 13.5. The first-order chi connectivity index (χ1) is 8.11. The summed E-state index contributed by atoms with van der Waals surface area (Å²) in [6, 6.07) is 3.05. The van der Waals surface area contributed by atoms with Crippen LogP contribution < -0.4 is 4.90 Å². The van der Waals surface area contributed by atoms with Crippen LogP contribution in [0.25, 0.3) is 0 Å². The molecule has 0 spiro atoms. The summed E-state index contributed by atoms with van der Waals surface area (Å²) in [5, 5.41) is 19.5. The first-order valence-corrected chi connectivity index (χ1v) is 6.03. The summed E-state index contributed by atoms with van der Waals surface area (Å²) in [7, 11) is 1.82. The van der Waals surface area contributed by atoms with Crippen LogP contribution in [0.1, 0.15) is 38.0 Å². The molecule has 0 amide bonds. The van der Waals surface area contributed by atoms with Crippen LogP contribution in [0.15, 0.2) is 12.1 Å². The average Bonchev–Trinajstić information content (AvgIpc) is 2.18. The monoisotopic (exact) mass is 255 g/mol. The van der Waals surface area contributed by atoms with E-state index >= 15 is 0 Å². The van der Waals surface area contributed by atoms with Crippen molar-refractivity contribution in [3.8, 4) is 0 Å². The van der Waals surface area contributed by atoms with Gasteiger partial charge in [-0.2, -0.15) is 0 Å². The van der Waals surface area contributed by atoms with Gasteiger partial charge >= 0.3 is 0 Å². The number of halogens is 1. The lowest BCUT2D eigenvalue weighted by molar-refractivity contribution is 0.0884. The molecule has 1 atom stereocenters. The molecule has 0 saturated heterocycles. The summed E-state index contributed by atoms with van der Waals surface area (Å²) in [5.74, 6) is -0.327. The molecule has 0 unspecified atom stereocenters. The molecule has 1 aromatic carbocycles. The molecular weight excluding hydrogens is 233 g/mol. The molecule has 4 heteroatoms. The van der Waals surface area contributed by atoms with Crippen LogP contribution in [-0.2, 0) is 0 Å². The van der Waals surface area contributed by atoms with Crippen LogP contribution in [0.3, 0.4) is 0 Å². The van der Waals surface area contributed by atoms with Gasteiger partial charge in [-0.3, -0.25) is 0 Å². The van der Waals surface area contributed by atoms with Crippen LogP contribution >= 0.6 is 0 Å². The zero-order valence-electron chi connectivity index (χ0n) is 11.7. The Kier molecular flexibility index (Phi) is 4.35. The van der Waals surface area contributed by atoms with Crippen LogP contribution in [0, 0.1) is 12.7 Å². The van der Waals surface area contributed by atoms with E-state index in [1.54, 1.807) is 33.8 Å². The fourth-order valence-corrected chi connectivity index (χ4v) is 2.01. The highest BCUT2D eigenvalue weighted by molar-refractivity contribution is 5.56. The largest absolute Gasteiger partial charge is 0.389 e. The Bertz CT molecular complexity index is 425. The van der Waals surface area contributed by atoms with Crippen molar-refractivity contribution in [2.75, 3.05) is 18.5 Å². The lowest BCUT2D eigenvalue weighted by Crippen LogP contribution is -2.36. The van der Waals surface area contributed by atoms with Crippen molar-refractivity contribution in [3.63, 3.8) is 0 Å². The summed E-state index contributed by atoms with van der Waals surface area (Å²) >= 11 is 0. The van der Waals surface area contributed by atoms with E-state index in [0.29, 0.717) is 17.7 Å². The van der Waals surface area contributed by atoms with Gasteiger partial charge in [0.2, 0.25) is 0 Å². The first kappa shape index (κ1) is 14.9. The SMILES string of the molecule is Cc1cc(N(C)CC(C)(C)O)c([C@@H](C)O)cc1F. The molecule has 0 aliphatic carbocycles. The Morgan fingerprint density at radius 1 is 1.39 bits per heavy atom. The van der Waals surface area contributed by atoms with Crippen LogP contribution in [0.4, 0.5) is 10.1 Å². The number of anilines is 1. The van der Waals surface area contributed by atoms with Crippen molar-refractivity contribution in [2.24, 2.45) is 0 Å². The Morgan fingerprint density at radius 2 is 1.94 bits per heavy atom. The van der Waals surface area contributed by atoms with Crippen LogP contribution in [0.5, 0.6) is 0 Å². The van der Waals surface area contributed by atoms with Gasteiger partial charge in [-0.15, -0.1) is 0 Å². The van der Waals surface area contributed by atoms with Crippen molar-refractivity contribution in [2.45, 2.75) is 39.4 Å². The van der Waals surface area contributed by atoms with E-state index in [1.807, 2.05) is 11.9 Å². The molecule has 0 fully saturated rings. The normalized spacial score (nSPS) is 13.6. The van der Waals surface area contributed by atoms with E-state index in [4.69, 9.17) is 0 Å². The molecule has 18 heavy (non-hydrogen) atoms. The molecule has 2 N–H and O–H groups in total. The standard InChI is InChI=1S/C14H22FNO2/c1-9-6-13(16(5)8-14(3,4)18)11(10(2)17)7-12(9)15/h6-7,10,17-18H,8H2,1-5H3/t10-/m1/s1. The lowest BCUT2D eigenvalue weighted by atomic mass is 10.0. The van der Waals surface area contributed by atoms with E-state index in [9.17, 15) is 14.6 Å². The van der Waals surface area contributed by atoms with Gasteiger partial charge in [0.1, 0.15) is 5.82 Å². The average molecular weight is 255 g/mol. The van der Waals surface area contributed by atoms with Gasteiger partial charge < -0.3 is 15.1 Å². The van der Waals surface area contributed by atoms with Crippen LogP contribution in [0.2, 0.25) is 0 Å². The summed E-state index contributed by atoms with van der Waals surface area (Å²) in [6.45, 7) is 7.11. The van der Waals surface area contributed by atoms with Crippen molar-refractivity contribution in [1.82, 2.24) is 0 Å². The summed E-state index contributed by atoms with van der Waals surface area (Å²) in [4.78, 5) is 1.83. The van der Waals surface area contributed by atoms with Crippen molar-refractivity contribution in [3.05, 3.63) is 29.1 Å². The third kappa shape index (κ3) is 3.68. The third-order valence-electron chi connectivity index (χ3n) is 2.79. The minimum atomic E-state index is -0.854. The van der Waals surface area contributed by atoms with E-state index in [0.717, 1.165) is 5.69 Å². The molecule has 0 aromatic heterocycles. The highest BCUT2D eigenvalue weighted by Gasteiger charge is 2.20. The molecule has 0 heterocycles. The van der Waals surface area contributed by atoms with Crippen molar-refractivity contribution in [1.29, 1.82) is 0 Å². The number of aliphatic hydroxyl groups excluding tert-OH is 1. The molecule has 3 nitrogen and oxygen atoms in total. The van der Waals surface area contributed by atoms with Gasteiger partial charge in [0.05, 0.1) is 11.7 Å². The lowest BCUT2D eigenvalue weighted by Gasteiger charge is -2.30. The van der Waals surface area contributed by atoms with Gasteiger partial charge in [-0.05, 0) is 45.4 Å². The Morgan fingerprint density at radius 3 is 2.39 bits per heavy atom. The zero-order chi connectivity index (χ0) is 14.1. The minimum absolute atomic E-state index is 0.327. The number of hydrogen-bond acceptors (Lipinski definition) is 3. The molecule has 0 radical (unpaired) electrons. The molecule has 1 rings (SSSR count). The fraction of sp³-hybridized carbons (Fsp3) is 0.571. The number of benzene rings is 1. The second kappa shape index (κ2) is 5.24. The highest BCUT2D eigenvalue weighted by Crippen LogP contribution is 2.29. The number of aryl methyl sites for hydroxylation is 1. The maximum Gasteiger partial charge on any atom is 0.126 e. The first-order valence-electron chi connectivity index (χ1n) is 6.03. The van der Waals surface area contributed by atoms with Gasteiger partial charge in [0.25, 0.3) is 0 Å². The van der Waals surface area contributed by atoms with E-state index in [-0.39, 0.29) is 5.82 Å². The molecule has 0 aliphatic rings. The number of nitrogens with zero attached hydrogens (tertiary/aromatic N) is 1. The second-order valence-electron chi connectivity index (χ2n) is 5.50. The van der Waals surface area contributed by atoms with Crippen molar-refractivity contribution >= 4 is 5.69 Å². The fourth-order valence-electron chi connectivity index (χ4n) is 2.01. The van der Waals surface area contributed by atoms with Gasteiger partial charge in [0.15, 0.2) is 0 Å². The Balaban J connectivity index is 3.17. The third-order valence-corrected chi connectivity index (χ3v) is 2.79. The Labute approximate surface area is 108 Å². The molecule has 1 aromatic rings. The molecule has 0 aliphatic heterocycles.